The average Bonchev–Trinajstić information content (AvgIpc) is 3.08. The minimum atomic E-state index is 0.547. The summed E-state index contributed by atoms with van der Waals surface area (Å²) >= 11 is 0. The van der Waals surface area contributed by atoms with Crippen molar-refractivity contribution in [3.8, 4) is 0 Å². The fraction of sp³-hybridized carbons (Fsp3) is 0.429. The van der Waals surface area contributed by atoms with E-state index >= 15 is 0 Å². The lowest BCUT2D eigenvalue weighted by atomic mass is 10.1. The van der Waals surface area contributed by atoms with Gasteiger partial charge < -0.3 is 0 Å². The molecule has 1 fully saturated rings. The van der Waals surface area contributed by atoms with Crippen LogP contribution in [0.4, 0.5) is 0 Å². The molecule has 1 N–H and O–H groups in total. The average molecular weight is 242 g/mol. The largest absolute Gasteiger partial charge is 0.296 e. The standard InChI is InChI=1S/C14H18N4/c1-2-14(13-10-16-17-11-13)18(8-1)9-5-12-3-6-15-7-4-12/h3-4,6-7,10-11,14H,1-2,5,8-9H2,(H,16,17)/t14-/m0/s1. The molecule has 4 heteroatoms. The third-order valence-electron chi connectivity index (χ3n) is 3.70. The summed E-state index contributed by atoms with van der Waals surface area (Å²) in [6.45, 7) is 2.31. The summed E-state index contributed by atoms with van der Waals surface area (Å²) in [5.41, 5.74) is 2.69. The van der Waals surface area contributed by atoms with Crippen molar-refractivity contribution < 1.29 is 0 Å². The van der Waals surface area contributed by atoms with Crippen molar-refractivity contribution >= 4 is 0 Å². The molecule has 1 atom stereocenters. The van der Waals surface area contributed by atoms with Crippen LogP contribution < -0.4 is 0 Å². The van der Waals surface area contributed by atoms with E-state index in [1.165, 1.54) is 30.5 Å². The Morgan fingerprint density at radius 1 is 1.33 bits per heavy atom. The molecule has 0 amide bonds. The molecule has 18 heavy (non-hydrogen) atoms. The molecule has 2 aromatic heterocycles. The number of pyridine rings is 1. The Labute approximate surface area is 107 Å². The fourth-order valence-corrected chi connectivity index (χ4v) is 2.74. The molecule has 1 aliphatic rings. The number of hydrogen-bond donors (Lipinski definition) is 1. The van der Waals surface area contributed by atoms with Gasteiger partial charge in [0.25, 0.3) is 0 Å². The van der Waals surface area contributed by atoms with E-state index in [1.54, 1.807) is 0 Å². The monoisotopic (exact) mass is 242 g/mol. The van der Waals surface area contributed by atoms with E-state index in [2.05, 4.69) is 32.2 Å². The van der Waals surface area contributed by atoms with Gasteiger partial charge in [-0.25, -0.2) is 0 Å². The summed E-state index contributed by atoms with van der Waals surface area (Å²) in [4.78, 5) is 6.62. The van der Waals surface area contributed by atoms with Crippen molar-refractivity contribution in [2.24, 2.45) is 0 Å². The van der Waals surface area contributed by atoms with Gasteiger partial charge in [0.05, 0.1) is 6.20 Å². The molecule has 0 unspecified atom stereocenters. The van der Waals surface area contributed by atoms with Crippen LogP contribution >= 0.6 is 0 Å². The van der Waals surface area contributed by atoms with E-state index in [-0.39, 0.29) is 0 Å². The van der Waals surface area contributed by atoms with Crippen LogP contribution in [0, 0.1) is 0 Å². The van der Waals surface area contributed by atoms with Crippen LogP contribution in [-0.4, -0.2) is 33.2 Å². The molecule has 4 nitrogen and oxygen atoms in total. The second-order valence-corrected chi connectivity index (χ2v) is 4.83. The summed E-state index contributed by atoms with van der Waals surface area (Å²) in [7, 11) is 0. The normalized spacial score (nSPS) is 20.3. The fourth-order valence-electron chi connectivity index (χ4n) is 2.74. The van der Waals surface area contributed by atoms with Gasteiger partial charge in [-0.15, -0.1) is 0 Å². The number of hydrogen-bond acceptors (Lipinski definition) is 3. The first-order valence-electron chi connectivity index (χ1n) is 6.55. The third-order valence-corrected chi connectivity index (χ3v) is 3.70. The highest BCUT2D eigenvalue weighted by molar-refractivity contribution is 5.13. The first kappa shape index (κ1) is 11.4. The molecular weight excluding hydrogens is 224 g/mol. The van der Waals surface area contributed by atoms with Gasteiger partial charge in [0.15, 0.2) is 0 Å². The van der Waals surface area contributed by atoms with Crippen LogP contribution in [0.3, 0.4) is 0 Å². The summed E-state index contributed by atoms with van der Waals surface area (Å²) in [6.07, 6.45) is 11.3. The van der Waals surface area contributed by atoms with Gasteiger partial charge in [0, 0.05) is 36.7 Å². The summed E-state index contributed by atoms with van der Waals surface area (Å²) < 4.78 is 0. The van der Waals surface area contributed by atoms with Crippen molar-refractivity contribution in [2.45, 2.75) is 25.3 Å². The van der Waals surface area contributed by atoms with E-state index in [1.807, 2.05) is 24.8 Å². The van der Waals surface area contributed by atoms with Crippen molar-refractivity contribution in [3.63, 3.8) is 0 Å². The number of rotatable bonds is 4. The Hall–Kier alpha value is -1.68. The van der Waals surface area contributed by atoms with Crippen LogP contribution in [0.1, 0.15) is 30.0 Å². The van der Waals surface area contributed by atoms with Crippen molar-refractivity contribution in [1.29, 1.82) is 0 Å². The maximum Gasteiger partial charge on any atom is 0.0535 e. The zero-order valence-electron chi connectivity index (χ0n) is 10.4. The number of likely N-dealkylation sites (tertiary alicyclic amines) is 1. The van der Waals surface area contributed by atoms with Crippen LogP contribution in [0.25, 0.3) is 0 Å². The molecule has 0 aromatic carbocycles. The predicted octanol–water partition coefficient (Wildman–Crippen LogP) is 2.18. The van der Waals surface area contributed by atoms with Gasteiger partial charge in [-0.3, -0.25) is 15.0 Å². The van der Waals surface area contributed by atoms with E-state index in [0.717, 1.165) is 13.0 Å². The molecule has 0 radical (unpaired) electrons. The highest BCUT2D eigenvalue weighted by Gasteiger charge is 2.25. The smallest absolute Gasteiger partial charge is 0.0535 e. The second kappa shape index (κ2) is 5.31. The van der Waals surface area contributed by atoms with Gasteiger partial charge in [0.2, 0.25) is 0 Å². The number of H-pyrrole nitrogens is 1. The Morgan fingerprint density at radius 2 is 2.22 bits per heavy atom. The Morgan fingerprint density at radius 3 is 3.00 bits per heavy atom. The van der Waals surface area contributed by atoms with Crippen LogP contribution in [0.5, 0.6) is 0 Å². The Kier molecular flexibility index (Phi) is 3.37. The maximum atomic E-state index is 4.06. The molecule has 0 saturated carbocycles. The van der Waals surface area contributed by atoms with E-state index in [9.17, 15) is 0 Å². The van der Waals surface area contributed by atoms with E-state index < -0.39 is 0 Å². The van der Waals surface area contributed by atoms with Crippen LogP contribution in [0.2, 0.25) is 0 Å². The quantitative estimate of drug-likeness (QED) is 0.893. The van der Waals surface area contributed by atoms with Gasteiger partial charge in [0.1, 0.15) is 0 Å². The highest BCUT2D eigenvalue weighted by atomic mass is 15.2. The lowest BCUT2D eigenvalue weighted by Crippen LogP contribution is -2.25. The van der Waals surface area contributed by atoms with Crippen molar-refractivity contribution in [1.82, 2.24) is 20.1 Å². The number of aromatic nitrogens is 3. The second-order valence-electron chi connectivity index (χ2n) is 4.83. The first-order chi connectivity index (χ1) is 8.93. The molecule has 94 valence electrons. The van der Waals surface area contributed by atoms with Gasteiger partial charge >= 0.3 is 0 Å². The topological polar surface area (TPSA) is 44.8 Å². The van der Waals surface area contributed by atoms with E-state index in [4.69, 9.17) is 0 Å². The first-order valence-corrected chi connectivity index (χ1v) is 6.55. The van der Waals surface area contributed by atoms with E-state index in [0.29, 0.717) is 6.04 Å². The summed E-state index contributed by atoms with van der Waals surface area (Å²) in [6, 6.07) is 4.75. The SMILES string of the molecule is c1cc(CCN2CCC[C@H]2c2cn[nH]c2)ccn1. The van der Waals surface area contributed by atoms with Crippen molar-refractivity contribution in [3.05, 3.63) is 48.0 Å². The summed E-state index contributed by atoms with van der Waals surface area (Å²) in [5, 5.41) is 6.98. The lowest BCUT2D eigenvalue weighted by molar-refractivity contribution is 0.260. The number of nitrogens with zero attached hydrogens (tertiary/aromatic N) is 3. The molecule has 1 aliphatic heterocycles. The van der Waals surface area contributed by atoms with Crippen molar-refractivity contribution in [2.75, 3.05) is 13.1 Å². The molecular formula is C14H18N4. The van der Waals surface area contributed by atoms with Gasteiger partial charge in [-0.05, 0) is 43.5 Å². The maximum absolute atomic E-state index is 4.06. The minimum Gasteiger partial charge on any atom is -0.296 e. The predicted molar refractivity (Wildman–Crippen MR) is 70.1 cm³/mol. The molecule has 0 aliphatic carbocycles. The minimum absolute atomic E-state index is 0.547. The molecule has 3 heterocycles. The molecule has 2 aromatic rings. The third kappa shape index (κ3) is 2.43. The number of aromatic amines is 1. The van der Waals surface area contributed by atoms with Gasteiger partial charge in [-0.1, -0.05) is 0 Å². The lowest BCUT2D eigenvalue weighted by Gasteiger charge is -2.23. The highest BCUT2D eigenvalue weighted by Crippen LogP contribution is 2.31. The zero-order valence-corrected chi connectivity index (χ0v) is 10.4. The number of nitrogens with one attached hydrogen (secondary N) is 1. The zero-order chi connectivity index (χ0) is 12.2. The van der Waals surface area contributed by atoms with Crippen LogP contribution in [-0.2, 0) is 6.42 Å². The molecule has 0 spiro atoms. The Bertz CT molecular complexity index is 466. The molecule has 3 rings (SSSR count). The molecule has 0 bridgehead atoms. The summed E-state index contributed by atoms with van der Waals surface area (Å²) in [5.74, 6) is 0. The van der Waals surface area contributed by atoms with Gasteiger partial charge in [-0.2, -0.15) is 5.10 Å². The van der Waals surface area contributed by atoms with Crippen LogP contribution in [0.15, 0.2) is 36.9 Å². The Balaban J connectivity index is 1.62. The molecule has 1 saturated heterocycles.